The standard InChI is InChI=1S/C12H20F3NO3/c1-8-7-16(9(17)19-10(2,3)4)6-5-11(8,18)12(13,14)15/h8,18H,5-7H2,1-4H3/t8-,11+/m1/s1. The van der Waals surface area contributed by atoms with Gasteiger partial charge in [0, 0.05) is 25.4 Å². The van der Waals surface area contributed by atoms with Crippen LogP contribution in [-0.2, 0) is 4.74 Å². The van der Waals surface area contributed by atoms with Crippen molar-refractivity contribution in [1.29, 1.82) is 0 Å². The van der Waals surface area contributed by atoms with Crippen molar-refractivity contribution in [3.8, 4) is 0 Å². The number of ether oxygens (including phenoxy) is 1. The topological polar surface area (TPSA) is 49.8 Å². The molecule has 112 valence electrons. The van der Waals surface area contributed by atoms with Gasteiger partial charge in [0.1, 0.15) is 5.60 Å². The molecule has 0 aromatic carbocycles. The predicted molar refractivity (Wildman–Crippen MR) is 62.6 cm³/mol. The molecule has 2 atom stereocenters. The molecular formula is C12H20F3NO3. The minimum absolute atomic E-state index is 0.171. The number of carbonyl (C=O) groups excluding carboxylic acids is 1. The average molecular weight is 283 g/mol. The lowest BCUT2D eigenvalue weighted by Crippen LogP contribution is -2.60. The number of rotatable bonds is 0. The highest BCUT2D eigenvalue weighted by Crippen LogP contribution is 2.41. The number of aliphatic hydroxyl groups is 1. The third-order valence-electron chi connectivity index (χ3n) is 3.21. The summed E-state index contributed by atoms with van der Waals surface area (Å²) in [5.41, 5.74) is -3.43. The van der Waals surface area contributed by atoms with E-state index in [-0.39, 0.29) is 13.1 Å². The minimum Gasteiger partial charge on any atom is -0.444 e. The van der Waals surface area contributed by atoms with E-state index >= 15 is 0 Å². The number of likely N-dealkylation sites (tertiary alicyclic amines) is 1. The predicted octanol–water partition coefficient (Wildman–Crippen LogP) is 2.56. The summed E-state index contributed by atoms with van der Waals surface area (Å²) in [6.07, 6.45) is -5.87. The van der Waals surface area contributed by atoms with Crippen LogP contribution in [0.1, 0.15) is 34.1 Å². The Labute approximate surface area is 110 Å². The Hall–Kier alpha value is -0.980. The maximum Gasteiger partial charge on any atom is 0.417 e. The van der Waals surface area contributed by atoms with Crippen molar-refractivity contribution in [1.82, 2.24) is 4.90 Å². The van der Waals surface area contributed by atoms with Gasteiger partial charge in [-0.1, -0.05) is 6.92 Å². The fraction of sp³-hybridized carbons (Fsp3) is 0.917. The van der Waals surface area contributed by atoms with Crippen LogP contribution in [0.5, 0.6) is 0 Å². The van der Waals surface area contributed by atoms with Gasteiger partial charge >= 0.3 is 12.3 Å². The van der Waals surface area contributed by atoms with Gasteiger partial charge in [0.25, 0.3) is 0 Å². The van der Waals surface area contributed by atoms with Gasteiger partial charge in [-0.2, -0.15) is 13.2 Å². The summed E-state index contributed by atoms with van der Waals surface area (Å²) < 4.78 is 43.5. The minimum atomic E-state index is -4.69. The van der Waals surface area contributed by atoms with E-state index in [1.807, 2.05) is 0 Å². The maximum absolute atomic E-state index is 12.8. The molecule has 0 unspecified atom stereocenters. The zero-order valence-electron chi connectivity index (χ0n) is 11.5. The first kappa shape index (κ1) is 16.1. The largest absolute Gasteiger partial charge is 0.444 e. The van der Waals surface area contributed by atoms with E-state index in [9.17, 15) is 23.1 Å². The number of hydrogen-bond acceptors (Lipinski definition) is 3. The molecule has 1 amide bonds. The Bertz CT molecular complexity index is 351. The molecule has 0 bridgehead atoms. The van der Waals surface area contributed by atoms with E-state index in [1.54, 1.807) is 20.8 Å². The molecule has 1 fully saturated rings. The number of hydrogen-bond donors (Lipinski definition) is 1. The molecule has 0 aromatic heterocycles. The molecule has 1 N–H and O–H groups in total. The van der Waals surface area contributed by atoms with Crippen molar-refractivity contribution in [2.75, 3.05) is 13.1 Å². The molecule has 0 saturated carbocycles. The first-order chi connectivity index (χ1) is 8.37. The summed E-state index contributed by atoms with van der Waals surface area (Å²) in [6, 6.07) is 0. The summed E-state index contributed by atoms with van der Waals surface area (Å²) in [7, 11) is 0. The Morgan fingerprint density at radius 2 is 1.89 bits per heavy atom. The van der Waals surface area contributed by atoms with Gasteiger partial charge in [-0.3, -0.25) is 0 Å². The monoisotopic (exact) mass is 283 g/mol. The third-order valence-corrected chi connectivity index (χ3v) is 3.21. The fourth-order valence-electron chi connectivity index (χ4n) is 2.04. The van der Waals surface area contributed by atoms with Crippen molar-refractivity contribution < 1.29 is 27.8 Å². The fourth-order valence-corrected chi connectivity index (χ4v) is 2.04. The van der Waals surface area contributed by atoms with Crippen LogP contribution in [-0.4, -0.2) is 46.6 Å². The lowest BCUT2D eigenvalue weighted by molar-refractivity contribution is -0.288. The van der Waals surface area contributed by atoms with Crippen molar-refractivity contribution in [3.05, 3.63) is 0 Å². The van der Waals surface area contributed by atoms with E-state index in [0.29, 0.717) is 0 Å². The number of piperidine rings is 1. The van der Waals surface area contributed by atoms with Gasteiger partial charge in [0.2, 0.25) is 0 Å². The second-order valence-electron chi connectivity index (χ2n) is 6.00. The highest BCUT2D eigenvalue weighted by atomic mass is 19.4. The molecule has 1 rings (SSSR count). The Balaban J connectivity index is 2.72. The van der Waals surface area contributed by atoms with Crippen molar-refractivity contribution >= 4 is 6.09 Å². The SMILES string of the molecule is C[C@@H]1CN(C(=O)OC(C)(C)C)CC[C@@]1(O)C(F)(F)F. The summed E-state index contributed by atoms with van der Waals surface area (Å²) in [5.74, 6) is -1.09. The Morgan fingerprint density at radius 3 is 2.26 bits per heavy atom. The molecule has 4 nitrogen and oxygen atoms in total. The molecule has 0 aromatic rings. The van der Waals surface area contributed by atoms with E-state index < -0.39 is 35.8 Å². The summed E-state index contributed by atoms with van der Waals surface area (Å²) in [5, 5.41) is 9.70. The Morgan fingerprint density at radius 1 is 1.37 bits per heavy atom. The lowest BCUT2D eigenvalue weighted by Gasteiger charge is -2.43. The Kier molecular flexibility index (Phi) is 4.10. The van der Waals surface area contributed by atoms with Gasteiger partial charge in [-0.15, -0.1) is 0 Å². The molecule has 7 heteroatoms. The van der Waals surface area contributed by atoms with Crippen LogP contribution < -0.4 is 0 Å². The zero-order chi connectivity index (χ0) is 15.1. The van der Waals surface area contributed by atoms with Gasteiger partial charge in [0.05, 0.1) is 0 Å². The second-order valence-corrected chi connectivity index (χ2v) is 6.00. The van der Waals surface area contributed by atoms with Crippen LogP contribution in [0.4, 0.5) is 18.0 Å². The molecule has 0 aliphatic carbocycles. The highest BCUT2D eigenvalue weighted by molar-refractivity contribution is 5.68. The first-order valence-electron chi connectivity index (χ1n) is 6.14. The number of halogens is 3. The summed E-state index contributed by atoms with van der Waals surface area (Å²) >= 11 is 0. The van der Waals surface area contributed by atoms with E-state index in [1.165, 1.54) is 11.8 Å². The van der Waals surface area contributed by atoms with Gasteiger partial charge in [-0.05, 0) is 20.8 Å². The van der Waals surface area contributed by atoms with Crippen LogP contribution in [0.15, 0.2) is 0 Å². The maximum atomic E-state index is 12.8. The molecule has 0 radical (unpaired) electrons. The number of alkyl halides is 3. The third kappa shape index (κ3) is 3.52. The average Bonchev–Trinajstić information content (AvgIpc) is 2.17. The van der Waals surface area contributed by atoms with E-state index in [0.717, 1.165) is 0 Å². The molecule has 1 aliphatic heterocycles. The van der Waals surface area contributed by atoms with E-state index in [2.05, 4.69) is 0 Å². The summed E-state index contributed by atoms with van der Waals surface area (Å²) in [4.78, 5) is 13.0. The second kappa shape index (κ2) is 4.85. The first-order valence-corrected chi connectivity index (χ1v) is 6.14. The molecule has 1 aliphatic rings. The molecular weight excluding hydrogens is 263 g/mol. The van der Waals surface area contributed by atoms with Crippen molar-refractivity contribution in [2.24, 2.45) is 5.92 Å². The van der Waals surface area contributed by atoms with Crippen LogP contribution in [0.25, 0.3) is 0 Å². The van der Waals surface area contributed by atoms with Crippen LogP contribution in [0.3, 0.4) is 0 Å². The molecule has 19 heavy (non-hydrogen) atoms. The highest BCUT2D eigenvalue weighted by Gasteiger charge is 2.59. The molecule has 0 spiro atoms. The lowest BCUT2D eigenvalue weighted by atomic mass is 9.81. The zero-order valence-corrected chi connectivity index (χ0v) is 11.5. The van der Waals surface area contributed by atoms with Crippen LogP contribution in [0.2, 0.25) is 0 Å². The van der Waals surface area contributed by atoms with E-state index in [4.69, 9.17) is 4.74 Å². The van der Waals surface area contributed by atoms with Gasteiger partial charge in [-0.25, -0.2) is 4.79 Å². The number of amides is 1. The normalized spacial score (nSPS) is 29.3. The number of nitrogens with zero attached hydrogens (tertiary/aromatic N) is 1. The summed E-state index contributed by atoms with van der Waals surface area (Å²) in [6.45, 7) is 5.99. The smallest absolute Gasteiger partial charge is 0.417 e. The number of carbonyl (C=O) groups is 1. The molecule has 1 saturated heterocycles. The van der Waals surface area contributed by atoms with Crippen LogP contribution >= 0.6 is 0 Å². The molecule has 1 heterocycles. The van der Waals surface area contributed by atoms with Gasteiger partial charge in [0.15, 0.2) is 5.60 Å². The van der Waals surface area contributed by atoms with Gasteiger partial charge < -0.3 is 14.7 Å². The van der Waals surface area contributed by atoms with Crippen molar-refractivity contribution in [3.63, 3.8) is 0 Å². The quantitative estimate of drug-likeness (QED) is 0.743. The van der Waals surface area contributed by atoms with Crippen molar-refractivity contribution in [2.45, 2.75) is 51.5 Å². The van der Waals surface area contributed by atoms with Crippen LogP contribution in [0, 0.1) is 5.92 Å².